The molecule has 0 aliphatic carbocycles. The van der Waals surface area contributed by atoms with Crippen molar-refractivity contribution in [3.05, 3.63) is 14.2 Å². The predicted molar refractivity (Wildman–Crippen MR) is 186 cm³/mol. The number of hydrogen-bond acceptors (Lipinski definition) is 10. The molecule has 0 spiro atoms. The summed E-state index contributed by atoms with van der Waals surface area (Å²) in [5.74, 6) is 0. The van der Waals surface area contributed by atoms with Gasteiger partial charge >= 0.3 is 17.6 Å². The Morgan fingerprint density at radius 3 is 0.837 bits per heavy atom. The molecule has 0 N–H and O–H groups in total. The third kappa shape index (κ3) is 21.3. The van der Waals surface area contributed by atoms with E-state index in [1.165, 1.54) is 0 Å². The summed E-state index contributed by atoms with van der Waals surface area (Å²) in [6, 6.07) is 5.78. The topological polar surface area (TPSA) is 92.3 Å². The smallest absolute Gasteiger partial charge is 0.499 e. The second-order valence-corrected chi connectivity index (χ2v) is 36.7. The Hall–Kier alpha value is -0.0987. The summed E-state index contributed by atoms with van der Waals surface area (Å²) in [4.78, 5) is 0. The molecule has 10 nitrogen and oxygen atoms in total. The first-order valence-corrected chi connectivity index (χ1v) is 31.1. The fourth-order valence-electron chi connectivity index (χ4n) is 4.92. The second kappa shape index (κ2) is 22.4. The Bertz CT molecular complexity index is 612. The van der Waals surface area contributed by atoms with Gasteiger partial charge in [0.2, 0.25) is 0 Å². The Balaban J connectivity index is -0.000000727. The van der Waals surface area contributed by atoms with Gasteiger partial charge in [0.15, 0.2) is 33.3 Å². The molecule has 0 amide bonds. The Morgan fingerprint density at radius 1 is 0.395 bits per heavy atom. The van der Waals surface area contributed by atoms with Crippen LogP contribution in [0, 0.1) is 14.2 Å². The molecule has 0 fully saturated rings. The maximum atomic E-state index is 6.56. The van der Waals surface area contributed by atoms with E-state index in [4.69, 9.17) is 44.3 Å². The molecule has 0 aliphatic heterocycles. The molecule has 0 saturated heterocycles. The molecule has 0 aromatic carbocycles. The van der Waals surface area contributed by atoms with Crippen LogP contribution in [-0.4, -0.2) is 107 Å². The van der Waals surface area contributed by atoms with Crippen molar-refractivity contribution in [2.24, 2.45) is 0 Å². The van der Waals surface area contributed by atoms with E-state index in [-0.39, 0.29) is 0 Å². The van der Waals surface area contributed by atoms with E-state index < -0.39 is 50.9 Å². The van der Waals surface area contributed by atoms with Crippen LogP contribution in [0.25, 0.3) is 0 Å². The second-order valence-electron chi connectivity index (χ2n) is 12.9. The summed E-state index contributed by atoms with van der Waals surface area (Å²) in [6.45, 7) is 19.6. The van der Waals surface area contributed by atoms with Crippen LogP contribution >= 0.6 is 0 Å². The van der Waals surface area contributed by atoms with Crippen molar-refractivity contribution in [1.82, 2.24) is 0 Å². The van der Waals surface area contributed by atoms with Gasteiger partial charge in [0, 0.05) is 68.0 Å². The van der Waals surface area contributed by atoms with E-state index in [1.54, 1.807) is 42.7 Å². The molecule has 258 valence electrons. The summed E-state index contributed by atoms with van der Waals surface area (Å²) in [7, 11) is 4.96. The van der Waals surface area contributed by atoms with Crippen LogP contribution in [0.15, 0.2) is 0 Å². The van der Waals surface area contributed by atoms with Gasteiger partial charge in [0.1, 0.15) is 0 Å². The third-order valence-electron chi connectivity index (χ3n) is 7.17. The first-order valence-electron chi connectivity index (χ1n) is 14.8. The first kappa shape index (κ1) is 47.3. The van der Waals surface area contributed by atoms with Crippen LogP contribution in [0.4, 0.5) is 0 Å². The summed E-state index contributed by atoms with van der Waals surface area (Å²) < 4.78 is 55.8. The molecule has 0 radical (unpaired) electrons. The van der Waals surface area contributed by atoms with Crippen LogP contribution in [0.1, 0.15) is 12.8 Å². The van der Waals surface area contributed by atoms with Crippen LogP contribution < -0.4 is 0 Å². The molecule has 0 aromatic rings. The molecule has 0 aromatic heterocycles. The number of hydrogen-bond donors (Lipinski definition) is 0. The van der Waals surface area contributed by atoms with Gasteiger partial charge in [-0.15, -0.1) is 0 Å². The number of ether oxygens (including phenoxy) is 2. The maximum absolute atomic E-state index is 6.56. The minimum absolute atomic E-state index is 0. The molecule has 0 unspecified atom stereocenters. The normalized spacial score (nSPS) is 13.4. The molecule has 43 heavy (non-hydrogen) atoms. The number of rotatable bonds is 24. The first-order chi connectivity index (χ1) is 19.3. The molecule has 0 heterocycles. The minimum atomic E-state index is -2.49. The predicted octanol–water partition coefficient (Wildman–Crippen LogP) is 6.98. The van der Waals surface area contributed by atoms with Crippen LogP contribution in [-0.2, 0) is 44.3 Å². The van der Waals surface area contributed by atoms with Crippen molar-refractivity contribution < 1.29 is 44.3 Å². The van der Waals surface area contributed by atoms with E-state index in [1.807, 2.05) is 0 Å². The van der Waals surface area contributed by atoms with Crippen molar-refractivity contribution in [1.29, 1.82) is 0 Å². The van der Waals surface area contributed by atoms with E-state index in [9.17, 15) is 0 Å². The van der Waals surface area contributed by atoms with E-state index in [0.717, 1.165) is 49.1 Å². The standard InChI is InChI=1S/2C13H33O5Si3.Rf/c2*1-14-10-9-11-19(5,6)18-20(7,8)12-13-21(15-2,16-3)17-4;/h2*1,9-13H2,2-8H3;/q2*-1;. The fourth-order valence-corrected chi connectivity index (χ4v) is 30.0. The molecule has 0 saturated carbocycles. The molecular weight excluding hydrogens is 908 g/mol. The van der Waals surface area contributed by atoms with Gasteiger partial charge in [-0.3, -0.25) is 0 Å². The van der Waals surface area contributed by atoms with E-state index in [0.29, 0.717) is 13.2 Å². The summed E-state index contributed by atoms with van der Waals surface area (Å²) in [6.07, 6.45) is 2.03. The quantitative estimate of drug-likeness (QED) is 0.0574. The van der Waals surface area contributed by atoms with Crippen LogP contribution in [0.2, 0.25) is 88.6 Å². The maximum Gasteiger partial charge on any atom is 0.499 e. The molecule has 0 rings (SSSR count). The fraction of sp³-hybridized carbons (Fsp3) is 0.923. The monoisotopic (exact) mass is 973 g/mol. The van der Waals surface area contributed by atoms with Crippen molar-refractivity contribution in [3.63, 3.8) is 0 Å². The Labute approximate surface area is 266 Å². The van der Waals surface area contributed by atoms with E-state index in [2.05, 4.69) is 66.6 Å². The summed E-state index contributed by atoms with van der Waals surface area (Å²) >= 11 is 0. The molecular formula is C26H66O10RfSi6-2. The average molecular weight is 974 g/mol. The zero-order chi connectivity index (χ0) is 33.1. The van der Waals surface area contributed by atoms with E-state index >= 15 is 0 Å². The third-order valence-corrected chi connectivity index (χ3v) is 28.5. The Kier molecular flexibility index (Phi) is 24.7. The molecule has 17 heteroatoms. The van der Waals surface area contributed by atoms with Crippen molar-refractivity contribution in [3.8, 4) is 0 Å². The largest absolute Gasteiger partial charge is 0.555 e. The average Bonchev–Trinajstić information content (AvgIpc) is 2.90. The minimum Gasteiger partial charge on any atom is -0.555 e. The Morgan fingerprint density at radius 2 is 0.628 bits per heavy atom. The van der Waals surface area contributed by atoms with Gasteiger partial charge in [0.05, 0.1) is 0 Å². The van der Waals surface area contributed by atoms with Gasteiger partial charge < -0.3 is 44.3 Å². The van der Waals surface area contributed by atoms with Gasteiger partial charge in [-0.2, -0.15) is 0 Å². The molecule has 0 atom stereocenters. The van der Waals surface area contributed by atoms with Crippen LogP contribution in [0.3, 0.4) is 0 Å². The van der Waals surface area contributed by atoms with Gasteiger partial charge in [-0.25, -0.2) is 14.2 Å². The zero-order valence-electron chi connectivity index (χ0n) is 30.3. The molecule has 0 bridgehead atoms. The SMILES string of the molecule is [CH2-]OCCC[Si](C)(C)O[Si](C)(C)CC[Si](OC)(OC)OC.[CH2-]OCCC[Si](C)(C)O[Si](C)(C)CC[Si](OC)(OC)OC.[Rf]. The van der Waals surface area contributed by atoms with Crippen molar-refractivity contribution in [2.45, 2.75) is 101 Å². The summed E-state index contributed by atoms with van der Waals surface area (Å²) in [5.41, 5.74) is 0. The van der Waals surface area contributed by atoms with Crippen LogP contribution in [0.5, 0.6) is 0 Å². The summed E-state index contributed by atoms with van der Waals surface area (Å²) in [5, 5.41) is 0. The van der Waals surface area contributed by atoms with Gasteiger partial charge in [0.25, 0.3) is 0 Å². The van der Waals surface area contributed by atoms with Gasteiger partial charge in [-0.1, -0.05) is 0 Å². The van der Waals surface area contributed by atoms with Gasteiger partial charge in [-0.05, 0) is 89.4 Å². The van der Waals surface area contributed by atoms with Crippen molar-refractivity contribution in [2.75, 3.05) is 55.9 Å². The zero-order valence-corrected chi connectivity index (χ0v) is 42.7. The van der Waals surface area contributed by atoms with Crippen molar-refractivity contribution >= 4 is 50.9 Å². The molecule has 0 aliphatic rings.